The molecular weight excluding hydrogens is 606 g/mol. The van der Waals surface area contributed by atoms with E-state index in [1.54, 1.807) is 21.1 Å². The summed E-state index contributed by atoms with van der Waals surface area (Å²) in [6.45, 7) is 4.39. The van der Waals surface area contributed by atoms with E-state index in [9.17, 15) is 19.5 Å². The maximum absolute atomic E-state index is 12.6. The minimum absolute atomic E-state index is 0.0243. The van der Waals surface area contributed by atoms with Gasteiger partial charge in [0.15, 0.2) is 6.10 Å². The summed E-state index contributed by atoms with van der Waals surface area (Å²) >= 11 is 0. The Bertz CT molecular complexity index is 975. The van der Waals surface area contributed by atoms with Crippen molar-refractivity contribution >= 4 is 17.9 Å². The minimum atomic E-state index is -1.14. The zero-order chi connectivity index (χ0) is 35.7. The zero-order valence-electron chi connectivity index (χ0n) is 30.9. The van der Waals surface area contributed by atoms with Crippen LogP contribution >= 0.6 is 0 Å². The van der Waals surface area contributed by atoms with E-state index in [2.05, 4.69) is 74.6 Å². The van der Waals surface area contributed by atoms with Crippen molar-refractivity contribution in [1.82, 2.24) is 0 Å². The van der Waals surface area contributed by atoms with Gasteiger partial charge in [-0.1, -0.05) is 107 Å². The van der Waals surface area contributed by atoms with Gasteiger partial charge in [0, 0.05) is 19.3 Å². The molecule has 0 aromatic carbocycles. The van der Waals surface area contributed by atoms with Crippen molar-refractivity contribution in [3.05, 3.63) is 60.8 Å². The third kappa shape index (κ3) is 29.2. The molecule has 0 rings (SSSR count). The fraction of sp³-hybridized carbons (Fsp3) is 0.675. The highest BCUT2D eigenvalue weighted by molar-refractivity contribution is 5.70. The average molecular weight is 674 g/mol. The number of quaternary nitrogens is 1. The van der Waals surface area contributed by atoms with Crippen molar-refractivity contribution < 1.29 is 38.2 Å². The molecule has 274 valence electrons. The first kappa shape index (κ1) is 45.0. The predicted octanol–water partition coefficient (Wildman–Crippen LogP) is 7.74. The van der Waals surface area contributed by atoms with Crippen LogP contribution in [0.3, 0.4) is 0 Å². The Labute approximate surface area is 292 Å². The second-order valence-electron chi connectivity index (χ2n) is 13.1. The third-order valence-corrected chi connectivity index (χ3v) is 7.67. The van der Waals surface area contributed by atoms with E-state index in [1.165, 1.54) is 0 Å². The largest absolute Gasteiger partial charge is 0.544 e. The van der Waals surface area contributed by atoms with Gasteiger partial charge in [-0.2, -0.15) is 0 Å². The first-order valence-electron chi connectivity index (χ1n) is 18.3. The van der Waals surface area contributed by atoms with Gasteiger partial charge in [0.2, 0.25) is 0 Å². The molecule has 0 N–H and O–H groups in total. The number of carbonyl (C=O) groups excluding carboxylic acids is 3. The lowest BCUT2D eigenvalue weighted by atomic mass is 10.1. The molecule has 0 saturated carbocycles. The molecule has 0 saturated heterocycles. The van der Waals surface area contributed by atoms with Crippen molar-refractivity contribution in [1.29, 1.82) is 0 Å². The number of likely N-dealkylation sites (N-methyl/N-ethyl adjacent to an activating group) is 1. The number of carboxylic acid groups (broad SMARTS) is 1. The Hall–Kier alpha value is -2.97. The van der Waals surface area contributed by atoms with E-state index < -0.39 is 18.1 Å². The number of aliphatic carboxylic acids is 1. The number of allylic oxidation sites excluding steroid dienone is 10. The molecule has 0 aliphatic rings. The van der Waals surface area contributed by atoms with Crippen LogP contribution in [0.25, 0.3) is 0 Å². The highest BCUT2D eigenvalue weighted by Crippen LogP contribution is 2.11. The van der Waals surface area contributed by atoms with Crippen molar-refractivity contribution in [2.45, 2.75) is 135 Å². The fourth-order valence-electron chi connectivity index (χ4n) is 4.80. The van der Waals surface area contributed by atoms with Crippen LogP contribution in [0.4, 0.5) is 0 Å². The number of carbonyl (C=O) groups is 3. The van der Waals surface area contributed by atoms with Gasteiger partial charge in [-0.3, -0.25) is 9.59 Å². The number of unbranched alkanes of at least 4 members (excludes halogenated alkanes) is 7. The Kier molecular flexibility index (Phi) is 29.4. The van der Waals surface area contributed by atoms with Crippen LogP contribution in [-0.2, 0) is 28.6 Å². The molecule has 0 radical (unpaired) electrons. The molecule has 0 aromatic rings. The van der Waals surface area contributed by atoms with Crippen LogP contribution in [0.5, 0.6) is 0 Å². The zero-order valence-corrected chi connectivity index (χ0v) is 30.9. The maximum atomic E-state index is 12.6. The minimum Gasteiger partial charge on any atom is -0.544 e. The van der Waals surface area contributed by atoms with Crippen LogP contribution in [-0.4, -0.2) is 75.5 Å². The second-order valence-corrected chi connectivity index (χ2v) is 13.1. The van der Waals surface area contributed by atoms with E-state index in [1.807, 2.05) is 0 Å². The van der Waals surface area contributed by atoms with Gasteiger partial charge in [0.05, 0.1) is 40.3 Å². The molecule has 0 amide bonds. The van der Waals surface area contributed by atoms with E-state index in [0.29, 0.717) is 12.8 Å². The lowest BCUT2D eigenvalue weighted by Gasteiger charge is -2.34. The summed E-state index contributed by atoms with van der Waals surface area (Å²) in [5, 5.41) is 11.5. The summed E-state index contributed by atoms with van der Waals surface area (Å²) in [4.78, 5) is 36.3. The normalized spacial score (nSPS) is 13.8. The number of rotatable bonds is 31. The smallest absolute Gasteiger partial charge is 0.306 e. The fourth-order valence-corrected chi connectivity index (χ4v) is 4.80. The lowest BCUT2D eigenvalue weighted by Crippen LogP contribution is -2.55. The first-order chi connectivity index (χ1) is 23.1. The average Bonchev–Trinajstić information content (AvgIpc) is 3.03. The molecule has 8 heteroatoms. The van der Waals surface area contributed by atoms with E-state index in [0.717, 1.165) is 83.5 Å². The molecule has 0 heterocycles. The summed E-state index contributed by atoms with van der Waals surface area (Å²) in [6.07, 6.45) is 35.7. The Balaban J connectivity index is 4.39. The Morgan fingerprint density at radius 2 is 1.17 bits per heavy atom. The Morgan fingerprint density at radius 3 is 1.71 bits per heavy atom. The topological polar surface area (TPSA) is 102 Å². The number of esters is 2. The molecule has 0 aromatic heterocycles. The highest BCUT2D eigenvalue weighted by Gasteiger charge is 2.25. The second kappa shape index (κ2) is 31.3. The summed E-state index contributed by atoms with van der Waals surface area (Å²) < 4.78 is 16.9. The molecule has 8 nitrogen and oxygen atoms in total. The van der Waals surface area contributed by atoms with Gasteiger partial charge >= 0.3 is 11.9 Å². The third-order valence-electron chi connectivity index (χ3n) is 7.67. The lowest BCUT2D eigenvalue weighted by molar-refractivity contribution is -0.889. The van der Waals surface area contributed by atoms with Crippen molar-refractivity contribution in [2.24, 2.45) is 0 Å². The standard InChI is InChI=1S/C40H67NO7/c1-6-8-10-12-13-14-15-16-17-18-19-20-21-22-23-24-25-27-29-31-39(43)48-36(35-47-38(42)30-28-26-11-9-7-2)34-46-33-32-37(40(44)45)41(3,4)5/h8,10,13-14,16-17,19-20,22-23,36-37H,6-7,9,11-12,15,18,21,24-35H2,1-5H3/b10-8-,14-13-,17-16-,20-19-,23-22-. The number of nitrogens with zero attached hydrogens (tertiary/aromatic N) is 1. The molecule has 2 atom stereocenters. The van der Waals surface area contributed by atoms with Crippen LogP contribution in [0.2, 0.25) is 0 Å². The number of carboxylic acids is 1. The molecule has 48 heavy (non-hydrogen) atoms. The summed E-state index contributed by atoms with van der Waals surface area (Å²) in [5.74, 6) is -1.80. The summed E-state index contributed by atoms with van der Waals surface area (Å²) in [5.41, 5.74) is 0. The van der Waals surface area contributed by atoms with Gasteiger partial charge in [-0.15, -0.1) is 0 Å². The first-order valence-corrected chi connectivity index (χ1v) is 18.3. The predicted molar refractivity (Wildman–Crippen MR) is 194 cm³/mol. The van der Waals surface area contributed by atoms with Crippen LogP contribution < -0.4 is 5.11 Å². The molecule has 0 bridgehead atoms. The number of hydrogen-bond donors (Lipinski definition) is 0. The van der Waals surface area contributed by atoms with Gasteiger partial charge < -0.3 is 28.6 Å². The van der Waals surface area contributed by atoms with Crippen molar-refractivity contribution in [3.8, 4) is 0 Å². The summed E-state index contributed by atoms with van der Waals surface area (Å²) in [7, 11) is 5.36. The van der Waals surface area contributed by atoms with Gasteiger partial charge in [-0.25, -0.2) is 0 Å². The quantitative estimate of drug-likeness (QED) is 0.0321. The van der Waals surface area contributed by atoms with Crippen molar-refractivity contribution in [3.63, 3.8) is 0 Å². The molecule has 0 aliphatic heterocycles. The molecule has 0 fully saturated rings. The molecule has 2 unspecified atom stereocenters. The molecule has 0 spiro atoms. The van der Waals surface area contributed by atoms with Gasteiger partial charge in [-0.05, 0) is 57.8 Å². The highest BCUT2D eigenvalue weighted by atomic mass is 16.6. The van der Waals surface area contributed by atoms with Crippen LogP contribution in [0.1, 0.15) is 123 Å². The number of ether oxygens (including phenoxy) is 3. The monoisotopic (exact) mass is 673 g/mol. The Morgan fingerprint density at radius 1 is 0.646 bits per heavy atom. The van der Waals surface area contributed by atoms with Gasteiger partial charge in [0.1, 0.15) is 12.6 Å². The summed E-state index contributed by atoms with van der Waals surface area (Å²) in [6, 6.07) is -0.730. The van der Waals surface area contributed by atoms with E-state index >= 15 is 0 Å². The maximum Gasteiger partial charge on any atom is 0.306 e. The number of hydrogen-bond acceptors (Lipinski definition) is 7. The van der Waals surface area contributed by atoms with Gasteiger partial charge in [0.25, 0.3) is 0 Å². The van der Waals surface area contributed by atoms with Crippen LogP contribution in [0, 0.1) is 0 Å². The van der Waals surface area contributed by atoms with E-state index in [4.69, 9.17) is 14.2 Å². The molecule has 0 aliphatic carbocycles. The van der Waals surface area contributed by atoms with E-state index in [-0.39, 0.29) is 49.1 Å². The van der Waals surface area contributed by atoms with Crippen LogP contribution in [0.15, 0.2) is 60.8 Å². The van der Waals surface area contributed by atoms with Crippen molar-refractivity contribution in [2.75, 3.05) is 41.0 Å². The SMILES string of the molecule is CC/C=C\C/C=C\C/C=C\C/C=C\C/C=C\CCCCCC(=O)OC(COCCC(C(=O)[O-])[N+](C)(C)C)COC(=O)CCCCCCC. The molecular formula is C40H67NO7.